The van der Waals surface area contributed by atoms with Crippen molar-refractivity contribution in [1.82, 2.24) is 4.90 Å². The topological polar surface area (TPSA) is 36.9 Å². The van der Waals surface area contributed by atoms with Gasteiger partial charge < -0.3 is 15.0 Å². The lowest BCUT2D eigenvalue weighted by Crippen LogP contribution is -2.36. The van der Waals surface area contributed by atoms with E-state index in [2.05, 4.69) is 39.5 Å². The molecule has 1 saturated heterocycles. The Labute approximate surface area is 108 Å². The van der Waals surface area contributed by atoms with Crippen molar-refractivity contribution in [2.24, 2.45) is 10.9 Å². The number of para-hydroxylation sites is 1. The number of methoxy groups -OCH3 is 1. The van der Waals surface area contributed by atoms with Crippen LogP contribution in [0.4, 0.5) is 5.69 Å². The van der Waals surface area contributed by atoms with E-state index >= 15 is 0 Å². The second kappa shape index (κ2) is 4.98. The average molecular weight is 245 g/mol. The van der Waals surface area contributed by atoms with Gasteiger partial charge in [-0.15, -0.1) is 0 Å². The largest absolute Gasteiger partial charge is 0.384 e. The van der Waals surface area contributed by atoms with Crippen LogP contribution in [-0.2, 0) is 11.3 Å². The van der Waals surface area contributed by atoms with Crippen LogP contribution < -0.4 is 5.32 Å². The molecule has 4 heteroatoms. The molecule has 0 saturated carbocycles. The van der Waals surface area contributed by atoms with Crippen molar-refractivity contribution in [3.8, 4) is 0 Å². The third-order valence-corrected chi connectivity index (χ3v) is 3.65. The van der Waals surface area contributed by atoms with Crippen molar-refractivity contribution >= 4 is 11.6 Å². The summed E-state index contributed by atoms with van der Waals surface area (Å²) in [7, 11) is 1.77. The number of hydrogen-bond acceptors (Lipinski definition) is 4. The Kier molecular flexibility index (Phi) is 3.19. The molecule has 1 aromatic rings. The van der Waals surface area contributed by atoms with Crippen molar-refractivity contribution in [2.45, 2.75) is 13.0 Å². The molecule has 2 aliphatic heterocycles. The van der Waals surface area contributed by atoms with Crippen LogP contribution in [0, 0.1) is 5.92 Å². The van der Waals surface area contributed by atoms with Gasteiger partial charge in [-0.05, 0) is 18.1 Å². The summed E-state index contributed by atoms with van der Waals surface area (Å²) in [6, 6.07) is 8.37. The Balaban J connectivity index is 1.67. The van der Waals surface area contributed by atoms with Crippen molar-refractivity contribution in [1.29, 1.82) is 0 Å². The third-order valence-electron chi connectivity index (χ3n) is 3.65. The standard InChI is InChI=1S/C14H19N3O/c1-18-10-11-6-7-17(9-11)14-15-8-12-4-2-3-5-13(12)16-14/h2-5,11H,6-10H2,1H3,(H,15,16). The molecule has 0 aliphatic carbocycles. The number of guanidine groups is 1. The van der Waals surface area contributed by atoms with Crippen LogP contribution in [0.2, 0.25) is 0 Å². The number of ether oxygens (including phenoxy) is 1. The van der Waals surface area contributed by atoms with Crippen molar-refractivity contribution < 1.29 is 4.74 Å². The molecule has 0 spiro atoms. The van der Waals surface area contributed by atoms with E-state index in [1.165, 1.54) is 17.7 Å². The van der Waals surface area contributed by atoms with E-state index in [1.54, 1.807) is 7.11 Å². The monoisotopic (exact) mass is 245 g/mol. The summed E-state index contributed by atoms with van der Waals surface area (Å²) in [5.41, 5.74) is 2.46. The molecule has 4 nitrogen and oxygen atoms in total. The van der Waals surface area contributed by atoms with Gasteiger partial charge in [0.05, 0.1) is 13.2 Å². The number of likely N-dealkylation sites (tertiary alicyclic amines) is 1. The van der Waals surface area contributed by atoms with E-state index in [4.69, 9.17) is 4.74 Å². The van der Waals surface area contributed by atoms with E-state index in [0.29, 0.717) is 5.92 Å². The predicted octanol–water partition coefficient (Wildman–Crippen LogP) is 1.94. The van der Waals surface area contributed by atoms with Gasteiger partial charge in [0, 0.05) is 31.8 Å². The zero-order chi connectivity index (χ0) is 12.4. The van der Waals surface area contributed by atoms with Gasteiger partial charge in [-0.2, -0.15) is 0 Å². The Morgan fingerprint density at radius 3 is 3.22 bits per heavy atom. The van der Waals surface area contributed by atoms with Gasteiger partial charge in [0.2, 0.25) is 0 Å². The maximum absolute atomic E-state index is 5.23. The van der Waals surface area contributed by atoms with Crippen LogP contribution in [-0.4, -0.2) is 37.7 Å². The zero-order valence-electron chi connectivity index (χ0n) is 10.7. The molecule has 1 aromatic carbocycles. The molecule has 0 radical (unpaired) electrons. The molecular weight excluding hydrogens is 226 g/mol. The first-order valence-electron chi connectivity index (χ1n) is 6.50. The number of nitrogens with zero attached hydrogens (tertiary/aromatic N) is 2. The molecule has 1 fully saturated rings. The highest BCUT2D eigenvalue weighted by molar-refractivity contribution is 5.95. The highest BCUT2D eigenvalue weighted by Crippen LogP contribution is 2.23. The van der Waals surface area contributed by atoms with Gasteiger partial charge in [-0.3, -0.25) is 0 Å². The highest BCUT2D eigenvalue weighted by atomic mass is 16.5. The van der Waals surface area contributed by atoms with Gasteiger partial charge in [0.1, 0.15) is 0 Å². The van der Waals surface area contributed by atoms with Gasteiger partial charge in [-0.1, -0.05) is 18.2 Å². The quantitative estimate of drug-likeness (QED) is 0.865. The number of aliphatic imine (C=N–C) groups is 1. The smallest absolute Gasteiger partial charge is 0.198 e. The fourth-order valence-corrected chi connectivity index (χ4v) is 2.68. The van der Waals surface area contributed by atoms with Crippen LogP contribution in [0.15, 0.2) is 29.3 Å². The second-order valence-corrected chi connectivity index (χ2v) is 4.98. The Morgan fingerprint density at radius 2 is 2.33 bits per heavy atom. The maximum Gasteiger partial charge on any atom is 0.198 e. The summed E-state index contributed by atoms with van der Waals surface area (Å²) in [6.07, 6.45) is 1.19. The molecule has 1 atom stereocenters. The summed E-state index contributed by atoms with van der Waals surface area (Å²) in [5.74, 6) is 1.66. The summed E-state index contributed by atoms with van der Waals surface area (Å²) in [5, 5.41) is 3.44. The number of fused-ring (bicyclic) bond motifs is 1. The van der Waals surface area contributed by atoms with E-state index in [0.717, 1.165) is 32.2 Å². The fourth-order valence-electron chi connectivity index (χ4n) is 2.68. The number of nitrogens with one attached hydrogen (secondary N) is 1. The minimum atomic E-state index is 0.636. The Bertz CT molecular complexity index is 458. The number of rotatable bonds is 2. The average Bonchev–Trinajstić information content (AvgIpc) is 2.87. The first kappa shape index (κ1) is 11.5. The lowest BCUT2D eigenvalue weighted by molar-refractivity contribution is 0.157. The van der Waals surface area contributed by atoms with E-state index in [1.807, 2.05) is 0 Å². The molecule has 2 heterocycles. The predicted molar refractivity (Wildman–Crippen MR) is 72.8 cm³/mol. The second-order valence-electron chi connectivity index (χ2n) is 4.98. The van der Waals surface area contributed by atoms with Gasteiger partial charge in [0.25, 0.3) is 0 Å². The van der Waals surface area contributed by atoms with Crippen molar-refractivity contribution in [3.05, 3.63) is 29.8 Å². The molecule has 96 valence electrons. The highest BCUT2D eigenvalue weighted by Gasteiger charge is 2.26. The third kappa shape index (κ3) is 2.20. The summed E-state index contributed by atoms with van der Waals surface area (Å²) in [4.78, 5) is 6.97. The number of hydrogen-bond donors (Lipinski definition) is 1. The van der Waals surface area contributed by atoms with E-state index < -0.39 is 0 Å². The van der Waals surface area contributed by atoms with Gasteiger partial charge >= 0.3 is 0 Å². The fraction of sp³-hybridized carbons (Fsp3) is 0.500. The number of anilines is 1. The first-order valence-corrected chi connectivity index (χ1v) is 6.50. The van der Waals surface area contributed by atoms with Crippen LogP contribution in [0.5, 0.6) is 0 Å². The van der Waals surface area contributed by atoms with E-state index in [-0.39, 0.29) is 0 Å². The van der Waals surface area contributed by atoms with Crippen LogP contribution in [0.1, 0.15) is 12.0 Å². The molecule has 0 aromatic heterocycles. The molecule has 18 heavy (non-hydrogen) atoms. The minimum Gasteiger partial charge on any atom is -0.384 e. The van der Waals surface area contributed by atoms with E-state index in [9.17, 15) is 0 Å². The zero-order valence-corrected chi connectivity index (χ0v) is 10.7. The lowest BCUT2D eigenvalue weighted by Gasteiger charge is -2.26. The molecule has 1 N–H and O–H groups in total. The maximum atomic E-state index is 5.23. The first-order chi connectivity index (χ1) is 8.86. The SMILES string of the molecule is COCC1CCN(C2=NCc3ccccc3N2)C1. The Hall–Kier alpha value is -1.55. The van der Waals surface area contributed by atoms with Crippen LogP contribution in [0.25, 0.3) is 0 Å². The van der Waals surface area contributed by atoms with Crippen molar-refractivity contribution in [3.63, 3.8) is 0 Å². The molecule has 2 aliphatic rings. The molecule has 1 unspecified atom stereocenters. The number of benzene rings is 1. The van der Waals surface area contributed by atoms with Crippen LogP contribution in [0.3, 0.4) is 0 Å². The molecule has 3 rings (SSSR count). The van der Waals surface area contributed by atoms with Crippen molar-refractivity contribution in [2.75, 3.05) is 32.1 Å². The molecule has 0 amide bonds. The summed E-state index contributed by atoms with van der Waals surface area (Å²) in [6.45, 7) is 3.74. The lowest BCUT2D eigenvalue weighted by atomic mass is 10.1. The van der Waals surface area contributed by atoms with Crippen LogP contribution >= 0.6 is 0 Å². The normalized spacial score (nSPS) is 22.4. The van der Waals surface area contributed by atoms with Gasteiger partial charge in [0.15, 0.2) is 5.96 Å². The molecule has 0 bridgehead atoms. The minimum absolute atomic E-state index is 0.636. The Morgan fingerprint density at radius 1 is 1.44 bits per heavy atom. The summed E-state index contributed by atoms with van der Waals surface area (Å²) >= 11 is 0. The van der Waals surface area contributed by atoms with Gasteiger partial charge in [-0.25, -0.2) is 4.99 Å². The molecular formula is C14H19N3O. The summed E-state index contributed by atoms with van der Waals surface area (Å²) < 4.78 is 5.23.